The minimum atomic E-state index is -0.0469. The maximum Gasteiger partial charge on any atom is 0.0465 e. The quantitative estimate of drug-likeness (QED) is 0.345. The molecule has 0 heterocycles. The average Bonchev–Trinajstić information content (AvgIpc) is 2.56. The molecule has 0 radical (unpaired) electrons. The van der Waals surface area contributed by atoms with E-state index in [0.717, 1.165) is 11.8 Å². The van der Waals surface area contributed by atoms with Crippen molar-refractivity contribution in [3.8, 4) is 0 Å². The molecular formula is C22H49NO2. The summed E-state index contributed by atoms with van der Waals surface area (Å²) in [5.41, 5.74) is 2.71. The van der Waals surface area contributed by atoms with Crippen molar-refractivity contribution in [2.24, 2.45) is 23.2 Å². The smallest absolute Gasteiger partial charge is 0.0465 e. The molecule has 0 aliphatic rings. The zero-order valence-electron chi connectivity index (χ0n) is 18.9. The Morgan fingerprint density at radius 1 is 1.00 bits per heavy atom. The molecule has 0 spiro atoms. The molecular weight excluding hydrogens is 310 g/mol. The van der Waals surface area contributed by atoms with Gasteiger partial charge in [-0.05, 0) is 24.2 Å². The van der Waals surface area contributed by atoms with E-state index in [1.54, 1.807) is 6.08 Å². The number of hydroxylamine groups is 1. The van der Waals surface area contributed by atoms with Gasteiger partial charge in [-0.3, -0.25) is 10.7 Å². The fourth-order valence-corrected chi connectivity index (χ4v) is 0.584. The van der Waals surface area contributed by atoms with Gasteiger partial charge in [-0.15, -0.1) is 6.58 Å². The van der Waals surface area contributed by atoms with Crippen LogP contribution in [0, 0.1) is 23.2 Å². The molecule has 0 aromatic rings. The third kappa shape index (κ3) is 28.3. The summed E-state index contributed by atoms with van der Waals surface area (Å²) in [6, 6.07) is 0. The van der Waals surface area contributed by atoms with E-state index in [0.29, 0.717) is 18.0 Å². The molecule has 0 aliphatic heterocycles. The average molecular weight is 360 g/mol. The predicted molar refractivity (Wildman–Crippen MR) is 115 cm³/mol. The van der Waals surface area contributed by atoms with Crippen LogP contribution in [0.1, 0.15) is 88.5 Å². The van der Waals surface area contributed by atoms with Crippen LogP contribution in [0.15, 0.2) is 24.9 Å². The molecule has 25 heavy (non-hydrogen) atoms. The van der Waals surface area contributed by atoms with Crippen LogP contribution in [0.25, 0.3) is 0 Å². The first-order chi connectivity index (χ1) is 11.4. The highest BCUT2D eigenvalue weighted by atomic mass is 16.5. The molecule has 3 nitrogen and oxygen atoms in total. The number of hydrogen-bond donors (Lipinski definition) is 3. The largest absolute Gasteiger partial charge is 0.396 e. The lowest BCUT2D eigenvalue weighted by Crippen LogP contribution is -2.28. The lowest BCUT2D eigenvalue weighted by molar-refractivity contribution is 0.151. The second-order valence-electron chi connectivity index (χ2n) is 7.87. The van der Waals surface area contributed by atoms with Crippen LogP contribution in [-0.4, -0.2) is 16.9 Å². The fraction of sp³-hybridized carbons (Fsp3) is 0.818. The molecule has 0 atom stereocenters. The molecule has 0 saturated carbocycles. The first-order valence-corrected chi connectivity index (χ1v) is 9.69. The minimum absolute atomic E-state index is 0.0469. The molecule has 0 fully saturated rings. The number of aliphatic hydroxyl groups excluding tert-OH is 1. The van der Waals surface area contributed by atoms with Crippen molar-refractivity contribution in [3.63, 3.8) is 0 Å². The first kappa shape index (κ1) is 31.9. The molecule has 0 unspecified atom stereocenters. The van der Waals surface area contributed by atoms with Crippen LogP contribution in [0.5, 0.6) is 0 Å². The summed E-state index contributed by atoms with van der Waals surface area (Å²) in [4.78, 5) is 0. The van der Waals surface area contributed by atoms with E-state index in [2.05, 4.69) is 74.0 Å². The SMILES string of the molecule is C=C(NO)C(C)(C)C(C)C.C=CCCO.CCC(C)C.CCC(C)C. The van der Waals surface area contributed by atoms with Crippen LogP contribution in [0.2, 0.25) is 0 Å². The molecule has 0 aromatic heterocycles. The van der Waals surface area contributed by atoms with Crippen molar-refractivity contribution in [2.45, 2.75) is 88.5 Å². The Hall–Kier alpha value is -0.800. The van der Waals surface area contributed by atoms with Gasteiger partial charge in [-0.25, -0.2) is 0 Å². The standard InChI is InChI=1S/C8H17NO.2C5H12.C4H8O/c1-6(2)8(4,5)7(3)9-10;2*1-4-5(2)3;1-2-3-4-5/h6,9-10H,3H2,1-2,4-5H3;2*5H,4H2,1-3H3;2,5H,1,3-4H2. The summed E-state index contributed by atoms with van der Waals surface area (Å²) in [6.45, 7) is 28.9. The topological polar surface area (TPSA) is 52.5 Å². The molecule has 0 rings (SSSR count). The minimum Gasteiger partial charge on any atom is -0.396 e. The molecule has 0 saturated heterocycles. The second kappa shape index (κ2) is 21.2. The van der Waals surface area contributed by atoms with E-state index < -0.39 is 0 Å². The van der Waals surface area contributed by atoms with Gasteiger partial charge < -0.3 is 5.11 Å². The molecule has 154 valence electrons. The Morgan fingerprint density at radius 2 is 1.32 bits per heavy atom. The van der Waals surface area contributed by atoms with Gasteiger partial charge in [0.15, 0.2) is 0 Å². The molecule has 3 N–H and O–H groups in total. The third-order valence-electron chi connectivity index (χ3n) is 4.32. The Labute approximate surface area is 159 Å². The van der Waals surface area contributed by atoms with Crippen molar-refractivity contribution in [1.29, 1.82) is 0 Å². The Balaban J connectivity index is -0.000000126. The first-order valence-electron chi connectivity index (χ1n) is 9.69. The number of hydrogen-bond acceptors (Lipinski definition) is 3. The summed E-state index contributed by atoms with van der Waals surface area (Å²) in [6.07, 6.45) is 5.00. The van der Waals surface area contributed by atoms with Crippen LogP contribution in [0.4, 0.5) is 0 Å². The second-order valence-corrected chi connectivity index (χ2v) is 7.87. The van der Waals surface area contributed by atoms with Gasteiger partial charge in [0.05, 0.1) is 0 Å². The van der Waals surface area contributed by atoms with E-state index in [1.165, 1.54) is 12.8 Å². The lowest BCUT2D eigenvalue weighted by atomic mass is 9.79. The maximum atomic E-state index is 8.57. The zero-order valence-corrected chi connectivity index (χ0v) is 18.9. The number of rotatable bonds is 7. The highest BCUT2D eigenvalue weighted by Crippen LogP contribution is 2.31. The Bertz CT molecular complexity index is 274. The number of aliphatic hydroxyl groups is 1. The van der Waals surface area contributed by atoms with Crippen molar-refractivity contribution in [2.75, 3.05) is 6.61 Å². The van der Waals surface area contributed by atoms with E-state index in [4.69, 9.17) is 10.3 Å². The molecule has 3 heteroatoms. The van der Waals surface area contributed by atoms with Gasteiger partial charge >= 0.3 is 0 Å². The van der Waals surface area contributed by atoms with Gasteiger partial charge in [0.25, 0.3) is 0 Å². The third-order valence-corrected chi connectivity index (χ3v) is 4.32. The monoisotopic (exact) mass is 359 g/mol. The summed E-state index contributed by atoms with van der Waals surface area (Å²) in [5, 5.41) is 16.6. The normalized spacial score (nSPS) is 10.0. The van der Waals surface area contributed by atoms with Crippen LogP contribution in [0.3, 0.4) is 0 Å². The highest BCUT2D eigenvalue weighted by Gasteiger charge is 2.25. The lowest BCUT2D eigenvalue weighted by Gasteiger charge is -2.30. The zero-order chi connectivity index (χ0) is 21.1. The highest BCUT2D eigenvalue weighted by molar-refractivity contribution is 5.03. The van der Waals surface area contributed by atoms with Crippen LogP contribution in [-0.2, 0) is 0 Å². The molecule has 0 aliphatic carbocycles. The Morgan fingerprint density at radius 3 is 1.36 bits per heavy atom. The Kier molecular flexibility index (Phi) is 27.1. The van der Waals surface area contributed by atoms with E-state index >= 15 is 0 Å². The summed E-state index contributed by atoms with van der Waals surface area (Å²) in [7, 11) is 0. The van der Waals surface area contributed by atoms with Crippen molar-refractivity contribution in [1.82, 2.24) is 5.48 Å². The van der Waals surface area contributed by atoms with Gasteiger partial charge in [0.1, 0.15) is 0 Å². The van der Waals surface area contributed by atoms with Gasteiger partial charge in [-0.1, -0.05) is 94.7 Å². The number of nitrogens with one attached hydrogen (secondary N) is 1. The van der Waals surface area contributed by atoms with Gasteiger partial charge in [-0.2, -0.15) is 0 Å². The van der Waals surface area contributed by atoms with Crippen molar-refractivity contribution < 1.29 is 10.3 Å². The molecule has 0 bridgehead atoms. The van der Waals surface area contributed by atoms with E-state index in [1.807, 2.05) is 13.8 Å². The number of allylic oxidation sites excluding steroid dienone is 1. The fourth-order valence-electron chi connectivity index (χ4n) is 0.584. The summed E-state index contributed by atoms with van der Waals surface area (Å²) in [5.74, 6) is 2.24. The van der Waals surface area contributed by atoms with Crippen molar-refractivity contribution in [3.05, 3.63) is 24.9 Å². The van der Waals surface area contributed by atoms with E-state index in [9.17, 15) is 0 Å². The molecule has 0 aromatic carbocycles. The van der Waals surface area contributed by atoms with Crippen molar-refractivity contribution >= 4 is 0 Å². The summed E-state index contributed by atoms with van der Waals surface area (Å²) >= 11 is 0. The van der Waals surface area contributed by atoms with Gasteiger partial charge in [0.2, 0.25) is 0 Å². The van der Waals surface area contributed by atoms with E-state index in [-0.39, 0.29) is 12.0 Å². The van der Waals surface area contributed by atoms with Gasteiger partial charge in [0, 0.05) is 17.7 Å². The predicted octanol–water partition coefficient (Wildman–Crippen LogP) is 6.82. The maximum absolute atomic E-state index is 8.57. The molecule has 0 amide bonds. The van der Waals surface area contributed by atoms with Crippen LogP contribution < -0.4 is 5.48 Å². The summed E-state index contributed by atoms with van der Waals surface area (Å²) < 4.78 is 0. The van der Waals surface area contributed by atoms with Crippen LogP contribution >= 0.6 is 0 Å².